The zero-order chi connectivity index (χ0) is 14.8. The maximum Gasteiger partial charge on any atom is 0.254 e. The smallest absolute Gasteiger partial charge is 0.254 e. The van der Waals surface area contributed by atoms with E-state index < -0.39 is 0 Å². The van der Waals surface area contributed by atoms with Crippen molar-refractivity contribution in [1.29, 1.82) is 0 Å². The molecule has 0 saturated heterocycles. The number of fused-ring (bicyclic) bond motifs is 4. The molecule has 0 radical (unpaired) electrons. The average molecular weight is 287 g/mol. The molecule has 2 saturated carbocycles. The average Bonchev–Trinajstić information content (AvgIpc) is 2.74. The third-order valence-corrected chi connectivity index (χ3v) is 6.55. The topological polar surface area (TPSA) is 63.2 Å². The Morgan fingerprint density at radius 2 is 1.90 bits per heavy atom. The van der Waals surface area contributed by atoms with Gasteiger partial charge in [0, 0.05) is 23.8 Å². The molecule has 112 valence electrons. The van der Waals surface area contributed by atoms with Gasteiger partial charge >= 0.3 is 0 Å². The normalized spacial score (nSPS) is 42.3. The fraction of sp³-hybridized carbons (Fsp3) is 0.706. The molecule has 0 aromatic carbocycles. The van der Waals surface area contributed by atoms with Crippen LogP contribution in [0.4, 0.5) is 0 Å². The number of rotatable bonds is 0. The van der Waals surface area contributed by atoms with Crippen LogP contribution < -0.4 is 5.32 Å². The predicted octanol–water partition coefficient (Wildman–Crippen LogP) is 2.13. The van der Waals surface area contributed by atoms with E-state index in [-0.39, 0.29) is 23.1 Å². The van der Waals surface area contributed by atoms with Crippen molar-refractivity contribution in [1.82, 2.24) is 5.32 Å². The summed E-state index contributed by atoms with van der Waals surface area (Å²) in [6.45, 7) is 2.14. The van der Waals surface area contributed by atoms with E-state index in [0.717, 1.165) is 43.3 Å². The van der Waals surface area contributed by atoms with E-state index >= 15 is 0 Å². The van der Waals surface area contributed by atoms with Gasteiger partial charge in [-0.3, -0.25) is 19.7 Å². The fourth-order valence-corrected chi connectivity index (χ4v) is 5.50. The van der Waals surface area contributed by atoms with Gasteiger partial charge in [0.2, 0.25) is 5.91 Å². The minimum atomic E-state index is -0.163. The Bertz CT molecular complexity index is 591. The molecule has 4 rings (SSSR count). The molecule has 4 nitrogen and oxygen atoms in total. The number of imide groups is 1. The molecule has 2 amide bonds. The lowest BCUT2D eigenvalue weighted by atomic mass is 9.55. The van der Waals surface area contributed by atoms with E-state index in [1.807, 2.05) is 0 Å². The van der Waals surface area contributed by atoms with Crippen molar-refractivity contribution >= 4 is 17.6 Å². The second-order valence-corrected chi connectivity index (χ2v) is 7.40. The van der Waals surface area contributed by atoms with Gasteiger partial charge in [-0.1, -0.05) is 12.5 Å². The summed E-state index contributed by atoms with van der Waals surface area (Å²) in [6.07, 6.45) is 5.80. The van der Waals surface area contributed by atoms with E-state index in [2.05, 4.69) is 12.2 Å². The van der Waals surface area contributed by atoms with Crippen molar-refractivity contribution in [3.05, 3.63) is 11.1 Å². The van der Waals surface area contributed by atoms with Crippen molar-refractivity contribution in [2.24, 2.45) is 23.2 Å². The van der Waals surface area contributed by atoms with Crippen molar-refractivity contribution in [2.75, 3.05) is 0 Å². The number of carbonyl (C=O) groups excluding carboxylic acids is 3. The van der Waals surface area contributed by atoms with Gasteiger partial charge in [-0.15, -0.1) is 0 Å². The lowest BCUT2D eigenvalue weighted by molar-refractivity contribution is -0.131. The van der Waals surface area contributed by atoms with Crippen LogP contribution in [0.3, 0.4) is 0 Å². The number of ketones is 1. The summed E-state index contributed by atoms with van der Waals surface area (Å²) >= 11 is 0. The fourth-order valence-electron chi connectivity index (χ4n) is 5.50. The number of nitrogens with one attached hydrogen (secondary N) is 1. The summed E-state index contributed by atoms with van der Waals surface area (Å²) < 4.78 is 0. The summed E-state index contributed by atoms with van der Waals surface area (Å²) in [7, 11) is 0. The second kappa shape index (κ2) is 4.28. The molecule has 4 aliphatic rings. The largest absolute Gasteiger partial charge is 0.299 e. The molecular weight excluding hydrogens is 266 g/mol. The van der Waals surface area contributed by atoms with Crippen molar-refractivity contribution in [3.63, 3.8) is 0 Å². The Labute approximate surface area is 124 Å². The van der Waals surface area contributed by atoms with Crippen LogP contribution in [0.1, 0.15) is 51.9 Å². The summed E-state index contributed by atoms with van der Waals surface area (Å²) in [5, 5.41) is 2.49. The Kier molecular flexibility index (Phi) is 2.69. The second-order valence-electron chi connectivity index (χ2n) is 7.40. The summed E-state index contributed by atoms with van der Waals surface area (Å²) in [4.78, 5) is 36.1. The highest BCUT2D eigenvalue weighted by atomic mass is 16.2. The molecule has 4 atom stereocenters. The first-order valence-electron chi connectivity index (χ1n) is 8.10. The maximum absolute atomic E-state index is 12.3. The highest BCUT2D eigenvalue weighted by Gasteiger charge is 2.55. The van der Waals surface area contributed by atoms with Gasteiger partial charge in [0.05, 0.1) is 0 Å². The Morgan fingerprint density at radius 3 is 2.71 bits per heavy atom. The van der Waals surface area contributed by atoms with Crippen LogP contribution in [-0.2, 0) is 14.4 Å². The van der Waals surface area contributed by atoms with Gasteiger partial charge in [0.1, 0.15) is 5.78 Å². The SMILES string of the molecule is C[C@]12CC[C@@H]3C4=C(CC[C@H]3[C@@H]1CCC2=O)CC(=O)NC4=O. The molecule has 1 heterocycles. The Morgan fingerprint density at radius 1 is 1.10 bits per heavy atom. The number of hydrogen-bond acceptors (Lipinski definition) is 3. The standard InChI is InChI=1S/C17H21NO3/c1-17-7-6-11-10(12(17)4-5-13(17)19)3-2-9-8-14(20)18-16(21)15(9)11/h10-12H,2-8H2,1H3,(H,18,20,21)/t10-,11+,12+,17+/m1/s1. The molecule has 2 fully saturated rings. The molecule has 0 aromatic rings. The first-order valence-corrected chi connectivity index (χ1v) is 8.10. The number of hydrogen-bond donors (Lipinski definition) is 1. The number of Topliss-reactive ketones (excluding diaryl/α,β-unsaturated/α-hetero) is 1. The molecule has 0 aromatic heterocycles. The van der Waals surface area contributed by atoms with Gasteiger partial charge in [-0.05, 0) is 49.9 Å². The molecule has 1 N–H and O–H groups in total. The van der Waals surface area contributed by atoms with Crippen LogP contribution in [0.5, 0.6) is 0 Å². The lowest BCUT2D eigenvalue weighted by Crippen LogP contribution is -2.48. The monoisotopic (exact) mass is 287 g/mol. The minimum Gasteiger partial charge on any atom is -0.299 e. The molecule has 1 aliphatic heterocycles. The van der Waals surface area contributed by atoms with Crippen LogP contribution in [0.2, 0.25) is 0 Å². The van der Waals surface area contributed by atoms with Gasteiger partial charge < -0.3 is 0 Å². The summed E-state index contributed by atoms with van der Waals surface area (Å²) in [6, 6.07) is 0. The van der Waals surface area contributed by atoms with Crippen molar-refractivity contribution < 1.29 is 14.4 Å². The van der Waals surface area contributed by atoms with Gasteiger partial charge in [0.25, 0.3) is 5.91 Å². The number of amides is 2. The molecule has 4 heteroatoms. The highest BCUT2D eigenvalue weighted by molar-refractivity contribution is 6.09. The van der Waals surface area contributed by atoms with E-state index in [1.165, 1.54) is 0 Å². The summed E-state index contributed by atoms with van der Waals surface area (Å²) in [5.74, 6) is 1.26. The van der Waals surface area contributed by atoms with Crippen LogP contribution in [0.25, 0.3) is 0 Å². The first kappa shape index (κ1) is 13.2. The molecule has 0 bridgehead atoms. The molecule has 3 aliphatic carbocycles. The Balaban J connectivity index is 1.71. The molecule has 0 unspecified atom stereocenters. The van der Waals surface area contributed by atoms with Gasteiger partial charge in [0.15, 0.2) is 0 Å². The van der Waals surface area contributed by atoms with Crippen LogP contribution in [0.15, 0.2) is 11.1 Å². The molecular formula is C17H21NO3. The van der Waals surface area contributed by atoms with Crippen molar-refractivity contribution in [3.8, 4) is 0 Å². The van der Waals surface area contributed by atoms with E-state index in [9.17, 15) is 14.4 Å². The minimum absolute atomic E-state index is 0.153. The van der Waals surface area contributed by atoms with E-state index in [0.29, 0.717) is 30.5 Å². The van der Waals surface area contributed by atoms with E-state index in [4.69, 9.17) is 0 Å². The zero-order valence-electron chi connectivity index (χ0n) is 12.4. The quantitative estimate of drug-likeness (QED) is 0.694. The predicted molar refractivity (Wildman–Crippen MR) is 76.1 cm³/mol. The number of carbonyl (C=O) groups is 3. The van der Waals surface area contributed by atoms with Gasteiger partial charge in [-0.25, -0.2) is 0 Å². The van der Waals surface area contributed by atoms with Crippen LogP contribution in [0, 0.1) is 23.2 Å². The molecule has 21 heavy (non-hydrogen) atoms. The van der Waals surface area contributed by atoms with Gasteiger partial charge in [-0.2, -0.15) is 0 Å². The van der Waals surface area contributed by atoms with Crippen LogP contribution in [-0.4, -0.2) is 17.6 Å². The van der Waals surface area contributed by atoms with E-state index in [1.54, 1.807) is 0 Å². The molecule has 0 spiro atoms. The maximum atomic E-state index is 12.3. The Hall–Kier alpha value is -1.45. The zero-order valence-corrected chi connectivity index (χ0v) is 12.4. The van der Waals surface area contributed by atoms with Crippen molar-refractivity contribution in [2.45, 2.75) is 51.9 Å². The highest BCUT2D eigenvalue weighted by Crippen LogP contribution is 2.59. The third-order valence-electron chi connectivity index (χ3n) is 6.55. The lowest BCUT2D eigenvalue weighted by Gasteiger charge is -2.49. The summed E-state index contributed by atoms with van der Waals surface area (Å²) in [5.41, 5.74) is 1.81. The first-order chi connectivity index (χ1) is 10.0. The third kappa shape index (κ3) is 1.71. The van der Waals surface area contributed by atoms with Crippen LogP contribution >= 0.6 is 0 Å².